The number of ether oxygens (including phenoxy) is 1. The number of carbonyl (C=O) groups is 5. The van der Waals surface area contributed by atoms with Gasteiger partial charge in [-0.3, -0.25) is 28.9 Å². The Labute approximate surface area is 321 Å². The molecule has 53 heavy (non-hydrogen) atoms. The van der Waals surface area contributed by atoms with Crippen LogP contribution in [-0.2, 0) is 46.0 Å². The number of aliphatic hydroxyl groups excluding tert-OH is 1. The molecule has 2 aromatic rings. The number of anilines is 1. The van der Waals surface area contributed by atoms with Crippen LogP contribution in [0.3, 0.4) is 0 Å². The number of amides is 4. The first kappa shape index (κ1) is 33.3. The maximum atomic E-state index is 15.3. The Bertz CT molecular complexity index is 2140. The molecule has 9 fully saturated rings. The molecule has 10 atom stereocenters. The minimum Gasteiger partial charge on any atom is -0.457 e. The third-order valence-electron chi connectivity index (χ3n) is 14.2. The van der Waals surface area contributed by atoms with Crippen LogP contribution in [0, 0.1) is 5.92 Å². The van der Waals surface area contributed by atoms with E-state index in [1.165, 1.54) is 53.0 Å². The van der Waals surface area contributed by atoms with E-state index in [1.807, 2.05) is 62.4 Å². The number of fused-ring (bicyclic) bond motifs is 11. The summed E-state index contributed by atoms with van der Waals surface area (Å²) in [6.45, 7) is 3.79. The van der Waals surface area contributed by atoms with Crippen molar-refractivity contribution < 1.29 is 33.8 Å². The summed E-state index contributed by atoms with van der Waals surface area (Å²) in [4.78, 5) is 75.6. The number of hydrogen-bond acceptors (Lipinski definition) is 12. The van der Waals surface area contributed by atoms with Crippen LogP contribution in [0.2, 0.25) is 0 Å². The summed E-state index contributed by atoms with van der Waals surface area (Å²) in [6.07, 6.45) is -1.55. The lowest BCUT2D eigenvalue weighted by molar-refractivity contribution is -0.174. The van der Waals surface area contributed by atoms with Crippen molar-refractivity contribution in [2.75, 3.05) is 19.4 Å². The number of rotatable bonds is 5. The Morgan fingerprint density at radius 1 is 0.792 bits per heavy atom. The topological polar surface area (TPSA) is 140 Å². The van der Waals surface area contributed by atoms with E-state index in [9.17, 15) is 9.90 Å². The van der Waals surface area contributed by atoms with Gasteiger partial charge >= 0.3 is 5.97 Å². The maximum absolute atomic E-state index is 15.3. The first-order chi connectivity index (χ1) is 25.4. The lowest BCUT2D eigenvalue weighted by atomic mass is 9.51. The number of aliphatic hydroxyl groups is 1. The molecule has 9 aliphatic heterocycles. The average molecular weight is 792 g/mol. The van der Waals surface area contributed by atoms with Gasteiger partial charge in [0, 0.05) is 19.8 Å². The van der Waals surface area contributed by atoms with Crippen LogP contribution in [0.1, 0.15) is 56.2 Å². The van der Waals surface area contributed by atoms with Gasteiger partial charge in [0.05, 0.1) is 22.8 Å². The van der Waals surface area contributed by atoms with Gasteiger partial charge in [0.25, 0.3) is 23.6 Å². The lowest BCUT2D eigenvalue weighted by Crippen LogP contribution is -2.78. The van der Waals surface area contributed by atoms with Crippen molar-refractivity contribution in [3.05, 3.63) is 65.2 Å². The number of para-hydroxylation sites is 1. The minimum absolute atomic E-state index is 0.250. The Hall–Kier alpha value is -3.05. The molecule has 13 rings (SSSR count). The number of nitrogens with zero attached hydrogens (tertiary/aromatic N) is 4. The van der Waals surface area contributed by atoms with E-state index in [2.05, 4.69) is 5.32 Å². The van der Waals surface area contributed by atoms with Crippen molar-refractivity contribution in [1.82, 2.24) is 19.6 Å². The molecule has 11 aliphatic rings. The number of nitrogens with one attached hydrogen (secondary N) is 1. The highest BCUT2D eigenvalue weighted by Crippen LogP contribution is 2.79. The highest BCUT2D eigenvalue weighted by molar-refractivity contribution is 8.78. The largest absolute Gasteiger partial charge is 0.457 e. The molecule has 0 aromatic heterocycles. The highest BCUT2D eigenvalue weighted by Gasteiger charge is 2.93. The summed E-state index contributed by atoms with van der Waals surface area (Å²) < 4.78 is 6.88. The second-order valence-electron chi connectivity index (χ2n) is 15.8. The van der Waals surface area contributed by atoms with Gasteiger partial charge in [0.1, 0.15) is 12.3 Å². The molecular formula is C37H37N5O7S4. The molecule has 8 saturated heterocycles. The van der Waals surface area contributed by atoms with Crippen molar-refractivity contribution in [1.29, 1.82) is 0 Å². The first-order valence-electron chi connectivity index (χ1n) is 18.2. The molecule has 9 heterocycles. The van der Waals surface area contributed by atoms with Crippen LogP contribution in [0.25, 0.3) is 0 Å². The molecule has 0 radical (unpaired) electrons. The Kier molecular flexibility index (Phi) is 6.30. The van der Waals surface area contributed by atoms with Gasteiger partial charge in [0.15, 0.2) is 15.8 Å². The molecule has 276 valence electrons. The molecule has 16 heteroatoms. The molecule has 4 bridgehead atoms. The fourth-order valence-electron chi connectivity index (χ4n) is 11.7. The quantitative estimate of drug-likeness (QED) is 0.340. The number of carbonyl (C=O) groups excluding carboxylic acids is 5. The van der Waals surface area contributed by atoms with E-state index in [0.717, 1.165) is 11.1 Å². The lowest BCUT2D eigenvalue weighted by Gasteiger charge is -2.59. The Balaban J connectivity index is 1.29. The third kappa shape index (κ3) is 3.09. The zero-order valence-corrected chi connectivity index (χ0v) is 32.6. The highest BCUT2D eigenvalue weighted by atomic mass is 33.1. The number of hydrogen-bond donors (Lipinski definition) is 2. The summed E-state index contributed by atoms with van der Waals surface area (Å²) in [5.74, 6) is -2.05. The smallest absolute Gasteiger partial charge is 0.309 e. The minimum atomic E-state index is -1.73. The molecule has 2 aromatic carbocycles. The predicted octanol–water partition coefficient (Wildman–Crippen LogP) is 3.25. The molecular weight excluding hydrogens is 755 g/mol. The van der Waals surface area contributed by atoms with E-state index >= 15 is 19.2 Å². The SMILES string of the molecule is CC[C@@]12SS[C@]3(C(=O)N1C)[C@@H](O)[C@]1([C@@]45c6ccccc6N[C@@H]4N4C(=O)[C@]6(CC)SS[C@]4(C(=O)N6C)[C@H]5OC(=O)C4CC4)c4ccccc4C[C@@H]1N3C2=O. The number of benzene rings is 2. The van der Waals surface area contributed by atoms with E-state index < -0.39 is 60.7 Å². The number of likely N-dealkylation sites (N-methyl/N-ethyl adjacent to an activating group) is 2. The summed E-state index contributed by atoms with van der Waals surface area (Å²) in [6, 6.07) is 14.6. The van der Waals surface area contributed by atoms with Gasteiger partial charge < -0.3 is 29.9 Å². The zero-order chi connectivity index (χ0) is 36.8. The van der Waals surface area contributed by atoms with Gasteiger partial charge in [-0.25, -0.2) is 0 Å². The fourth-order valence-corrected chi connectivity index (χ4v) is 19.6. The number of esters is 1. The van der Waals surface area contributed by atoms with E-state index in [1.54, 1.807) is 23.9 Å². The maximum Gasteiger partial charge on any atom is 0.309 e. The van der Waals surface area contributed by atoms with Crippen LogP contribution in [-0.4, -0.2) is 112 Å². The summed E-state index contributed by atoms with van der Waals surface area (Å²) in [5.41, 5.74) is -0.148. The predicted molar refractivity (Wildman–Crippen MR) is 201 cm³/mol. The van der Waals surface area contributed by atoms with Gasteiger partial charge in [-0.2, -0.15) is 0 Å². The van der Waals surface area contributed by atoms with Crippen molar-refractivity contribution in [2.24, 2.45) is 5.92 Å². The standard InChI is InChI=1S/C37H37N5O7S4/c1-5-32-28(45)41-23-17-19-11-7-8-12-20(19)34(23,25(44)36(41,52-50-32)30(47)39(32)3)35-21-13-9-10-14-22(21)38-27(35)42-29(46)33(6-2)40(4)31(48)37(42,53-51-33)26(35)49-24(43)18-15-16-18/h7-14,18,23,25-27,38,44H,5-6,15-17H2,1-4H3/t23-,25-,26-,27+,32-,33-,34-,35+,36-,37-/m0/s1. The van der Waals surface area contributed by atoms with Crippen molar-refractivity contribution in [2.45, 2.75) is 101 Å². The molecule has 1 saturated carbocycles. The molecule has 4 amide bonds. The summed E-state index contributed by atoms with van der Waals surface area (Å²) >= 11 is 0. The Morgan fingerprint density at radius 3 is 2.04 bits per heavy atom. The van der Waals surface area contributed by atoms with Crippen LogP contribution < -0.4 is 5.32 Å². The zero-order valence-electron chi connectivity index (χ0n) is 29.4. The molecule has 0 unspecified atom stereocenters. The van der Waals surface area contributed by atoms with Gasteiger partial charge in [0.2, 0.25) is 9.74 Å². The van der Waals surface area contributed by atoms with E-state index in [4.69, 9.17) is 4.74 Å². The van der Waals surface area contributed by atoms with Crippen LogP contribution in [0.4, 0.5) is 5.69 Å². The molecule has 2 spiro atoms. The monoisotopic (exact) mass is 791 g/mol. The summed E-state index contributed by atoms with van der Waals surface area (Å²) in [7, 11) is 8.43. The Morgan fingerprint density at radius 2 is 1.38 bits per heavy atom. The van der Waals surface area contributed by atoms with Gasteiger partial charge in [-0.05, 0) is 76.4 Å². The fraction of sp³-hybridized carbons (Fsp3) is 0.541. The third-order valence-corrected chi connectivity index (χ3v) is 21.7. The normalized spacial score (nSPS) is 43.8. The van der Waals surface area contributed by atoms with Crippen LogP contribution in [0.15, 0.2) is 48.5 Å². The summed E-state index contributed by atoms with van der Waals surface area (Å²) in [5, 5.41) is 17.4. The van der Waals surface area contributed by atoms with Crippen LogP contribution >= 0.6 is 43.2 Å². The van der Waals surface area contributed by atoms with E-state index in [0.29, 0.717) is 43.4 Å². The van der Waals surface area contributed by atoms with Crippen molar-refractivity contribution in [3.8, 4) is 0 Å². The number of piperazine rings is 2. The van der Waals surface area contributed by atoms with E-state index in [-0.39, 0.29) is 29.5 Å². The van der Waals surface area contributed by atoms with Crippen LogP contribution in [0.5, 0.6) is 0 Å². The van der Waals surface area contributed by atoms with Crippen molar-refractivity contribution in [3.63, 3.8) is 0 Å². The first-order valence-corrected chi connectivity index (χ1v) is 22.5. The second kappa shape index (κ2) is 10.0. The molecule has 12 nitrogen and oxygen atoms in total. The van der Waals surface area contributed by atoms with Gasteiger partial charge in [-0.1, -0.05) is 77.9 Å². The molecule has 2 N–H and O–H groups in total. The molecule has 2 aliphatic carbocycles. The second-order valence-corrected chi connectivity index (χ2v) is 21.0. The van der Waals surface area contributed by atoms with Gasteiger partial charge in [-0.15, -0.1) is 0 Å². The van der Waals surface area contributed by atoms with Crippen molar-refractivity contribution >= 4 is 78.5 Å². The average Bonchev–Trinajstić information content (AvgIpc) is 3.78.